The lowest BCUT2D eigenvalue weighted by molar-refractivity contribution is -0.384. The zero-order chi connectivity index (χ0) is 14.0. The van der Waals surface area contributed by atoms with Gasteiger partial charge in [0.05, 0.1) is 23.2 Å². The van der Waals surface area contributed by atoms with Crippen LogP contribution in [-0.2, 0) is 12.1 Å². The van der Waals surface area contributed by atoms with Crippen molar-refractivity contribution < 1.29 is 4.92 Å². The molecule has 0 saturated heterocycles. The molecule has 2 aromatic rings. The van der Waals surface area contributed by atoms with Crippen LogP contribution >= 0.6 is 0 Å². The number of rotatable bonds is 4. The summed E-state index contributed by atoms with van der Waals surface area (Å²) in [4.78, 5) is 10.1. The van der Waals surface area contributed by atoms with Gasteiger partial charge in [0.1, 0.15) is 5.69 Å². The predicted octanol–water partition coefficient (Wildman–Crippen LogP) is 1.43. The Morgan fingerprint density at radius 2 is 2.00 bits per heavy atom. The van der Waals surface area contributed by atoms with E-state index < -0.39 is 10.5 Å². The summed E-state index contributed by atoms with van der Waals surface area (Å²) >= 11 is 0. The maximum Gasteiger partial charge on any atom is 0.269 e. The highest BCUT2D eigenvalue weighted by atomic mass is 16.6. The minimum atomic E-state index is -0.534. The SMILES string of the molecule is CC(C)(N)c1cn(Cc2ccc([N+](=O)[O-])cc2)nn1. The molecule has 0 aliphatic rings. The van der Waals surface area contributed by atoms with E-state index in [4.69, 9.17) is 5.73 Å². The molecule has 0 amide bonds. The average molecular weight is 261 g/mol. The maximum absolute atomic E-state index is 10.5. The van der Waals surface area contributed by atoms with Crippen LogP contribution in [0.5, 0.6) is 0 Å². The van der Waals surface area contributed by atoms with Crippen LogP contribution in [0, 0.1) is 10.1 Å². The summed E-state index contributed by atoms with van der Waals surface area (Å²) in [5.74, 6) is 0. The van der Waals surface area contributed by atoms with Gasteiger partial charge < -0.3 is 5.73 Å². The second-order valence-electron chi connectivity index (χ2n) is 4.95. The number of aromatic nitrogens is 3. The molecule has 0 aliphatic heterocycles. The summed E-state index contributed by atoms with van der Waals surface area (Å²) in [5.41, 5.74) is 7.08. The molecule has 2 N–H and O–H groups in total. The molecule has 1 aromatic heterocycles. The van der Waals surface area contributed by atoms with E-state index in [2.05, 4.69) is 10.3 Å². The van der Waals surface area contributed by atoms with E-state index >= 15 is 0 Å². The van der Waals surface area contributed by atoms with E-state index in [1.54, 1.807) is 23.0 Å². The summed E-state index contributed by atoms with van der Waals surface area (Å²) in [5, 5.41) is 18.5. The first-order valence-electron chi connectivity index (χ1n) is 5.79. The number of non-ortho nitro benzene ring substituents is 1. The number of hydrogen-bond acceptors (Lipinski definition) is 5. The molecule has 7 heteroatoms. The zero-order valence-corrected chi connectivity index (χ0v) is 10.8. The topological polar surface area (TPSA) is 99.9 Å². The molecule has 0 radical (unpaired) electrons. The number of nitro groups is 1. The molecule has 1 aromatic carbocycles. The van der Waals surface area contributed by atoms with Crippen LogP contribution in [-0.4, -0.2) is 19.9 Å². The van der Waals surface area contributed by atoms with Crippen molar-refractivity contribution in [2.45, 2.75) is 25.9 Å². The fourth-order valence-corrected chi connectivity index (χ4v) is 1.58. The monoisotopic (exact) mass is 261 g/mol. The number of nitro benzene ring substituents is 1. The van der Waals surface area contributed by atoms with Crippen molar-refractivity contribution in [2.75, 3.05) is 0 Å². The van der Waals surface area contributed by atoms with Gasteiger partial charge in [0, 0.05) is 12.1 Å². The van der Waals surface area contributed by atoms with Gasteiger partial charge in [-0.25, -0.2) is 4.68 Å². The Hall–Kier alpha value is -2.28. The summed E-state index contributed by atoms with van der Waals surface area (Å²) in [6.07, 6.45) is 1.78. The molecule has 0 fully saturated rings. The third kappa shape index (κ3) is 3.14. The van der Waals surface area contributed by atoms with Gasteiger partial charge in [-0.05, 0) is 19.4 Å². The molecule has 100 valence electrons. The maximum atomic E-state index is 10.5. The van der Waals surface area contributed by atoms with E-state index in [0.29, 0.717) is 12.2 Å². The predicted molar refractivity (Wildman–Crippen MR) is 69.4 cm³/mol. The Balaban J connectivity index is 2.13. The van der Waals surface area contributed by atoms with Gasteiger partial charge in [0.15, 0.2) is 0 Å². The standard InChI is InChI=1S/C12H15N5O2/c1-12(2,13)11-8-16(15-14-11)7-9-3-5-10(6-4-9)17(18)19/h3-6,8H,7,13H2,1-2H3. The molecule has 1 heterocycles. The van der Waals surface area contributed by atoms with Crippen molar-refractivity contribution >= 4 is 5.69 Å². The average Bonchev–Trinajstić information content (AvgIpc) is 2.78. The van der Waals surface area contributed by atoms with Gasteiger partial charge in [-0.3, -0.25) is 10.1 Å². The van der Waals surface area contributed by atoms with Crippen LogP contribution in [0.2, 0.25) is 0 Å². The van der Waals surface area contributed by atoms with Crippen LogP contribution in [0.25, 0.3) is 0 Å². The fraction of sp³-hybridized carbons (Fsp3) is 0.333. The number of nitrogens with two attached hydrogens (primary N) is 1. The van der Waals surface area contributed by atoms with E-state index in [0.717, 1.165) is 5.56 Å². The highest BCUT2D eigenvalue weighted by Crippen LogP contribution is 2.15. The van der Waals surface area contributed by atoms with Crippen molar-refractivity contribution in [1.29, 1.82) is 0 Å². The normalized spacial score (nSPS) is 11.5. The molecule has 0 unspecified atom stereocenters. The van der Waals surface area contributed by atoms with E-state index in [-0.39, 0.29) is 5.69 Å². The van der Waals surface area contributed by atoms with Gasteiger partial charge in [-0.2, -0.15) is 0 Å². The van der Waals surface area contributed by atoms with Crippen LogP contribution < -0.4 is 5.73 Å². The van der Waals surface area contributed by atoms with Gasteiger partial charge >= 0.3 is 0 Å². The van der Waals surface area contributed by atoms with Crippen molar-refractivity contribution in [3.63, 3.8) is 0 Å². The van der Waals surface area contributed by atoms with Gasteiger partial charge in [-0.1, -0.05) is 17.3 Å². The lowest BCUT2D eigenvalue weighted by Gasteiger charge is -2.13. The second-order valence-corrected chi connectivity index (χ2v) is 4.95. The molecule has 0 bridgehead atoms. The molecule has 19 heavy (non-hydrogen) atoms. The van der Waals surface area contributed by atoms with Crippen LogP contribution in [0.15, 0.2) is 30.5 Å². The number of hydrogen-bond donors (Lipinski definition) is 1. The molecule has 0 atom stereocenters. The Morgan fingerprint density at radius 3 is 2.47 bits per heavy atom. The Kier molecular flexibility index (Phi) is 3.30. The van der Waals surface area contributed by atoms with E-state index in [9.17, 15) is 10.1 Å². The van der Waals surface area contributed by atoms with Crippen molar-refractivity contribution in [1.82, 2.24) is 15.0 Å². The lowest BCUT2D eigenvalue weighted by atomic mass is 10.0. The highest BCUT2D eigenvalue weighted by molar-refractivity contribution is 5.32. The first-order chi connectivity index (χ1) is 8.86. The minimum Gasteiger partial charge on any atom is -0.320 e. The summed E-state index contributed by atoms with van der Waals surface area (Å²) in [6, 6.07) is 6.35. The van der Waals surface area contributed by atoms with Crippen LogP contribution in [0.3, 0.4) is 0 Å². The third-order valence-corrected chi connectivity index (χ3v) is 2.69. The van der Waals surface area contributed by atoms with Crippen LogP contribution in [0.4, 0.5) is 5.69 Å². The first kappa shape index (κ1) is 13.2. The largest absolute Gasteiger partial charge is 0.320 e. The Bertz CT molecular complexity index is 583. The summed E-state index contributed by atoms with van der Waals surface area (Å²) < 4.78 is 1.66. The highest BCUT2D eigenvalue weighted by Gasteiger charge is 2.18. The Morgan fingerprint density at radius 1 is 1.37 bits per heavy atom. The van der Waals surface area contributed by atoms with E-state index in [1.807, 2.05) is 13.8 Å². The molecule has 7 nitrogen and oxygen atoms in total. The first-order valence-corrected chi connectivity index (χ1v) is 5.79. The van der Waals surface area contributed by atoms with Crippen molar-refractivity contribution in [2.24, 2.45) is 5.73 Å². The number of benzene rings is 1. The molecular weight excluding hydrogens is 246 g/mol. The Labute approximate surface area is 110 Å². The van der Waals surface area contributed by atoms with Gasteiger partial charge in [-0.15, -0.1) is 5.10 Å². The smallest absolute Gasteiger partial charge is 0.269 e. The van der Waals surface area contributed by atoms with Crippen LogP contribution in [0.1, 0.15) is 25.1 Å². The lowest BCUT2D eigenvalue weighted by Crippen LogP contribution is -2.29. The van der Waals surface area contributed by atoms with Crippen molar-refractivity contribution in [3.8, 4) is 0 Å². The zero-order valence-electron chi connectivity index (χ0n) is 10.8. The second kappa shape index (κ2) is 4.77. The third-order valence-electron chi connectivity index (χ3n) is 2.69. The van der Waals surface area contributed by atoms with Gasteiger partial charge in [0.25, 0.3) is 5.69 Å². The molecular formula is C12H15N5O2. The summed E-state index contributed by atoms with van der Waals surface area (Å²) in [6.45, 7) is 4.21. The minimum absolute atomic E-state index is 0.0751. The molecule has 2 rings (SSSR count). The summed E-state index contributed by atoms with van der Waals surface area (Å²) in [7, 11) is 0. The number of nitrogens with zero attached hydrogens (tertiary/aromatic N) is 4. The van der Waals surface area contributed by atoms with Gasteiger partial charge in [0.2, 0.25) is 0 Å². The van der Waals surface area contributed by atoms with Crippen molar-refractivity contribution in [3.05, 3.63) is 51.8 Å². The molecule has 0 aliphatic carbocycles. The molecule has 0 spiro atoms. The molecule has 0 saturated carbocycles. The fourth-order valence-electron chi connectivity index (χ4n) is 1.58. The quantitative estimate of drug-likeness (QED) is 0.662. The van der Waals surface area contributed by atoms with E-state index in [1.165, 1.54) is 12.1 Å².